The fourth-order valence-corrected chi connectivity index (χ4v) is 1.93. The van der Waals surface area contributed by atoms with Gasteiger partial charge in [0, 0.05) is 38.5 Å². The highest BCUT2D eigenvalue weighted by molar-refractivity contribution is 7.98. The van der Waals surface area contributed by atoms with Crippen molar-refractivity contribution in [3.8, 4) is 0 Å². The highest BCUT2D eigenvalue weighted by Gasteiger charge is 2.13. The molecule has 0 aromatic carbocycles. The summed E-state index contributed by atoms with van der Waals surface area (Å²) in [6, 6.07) is 0. The molecule has 72 valence electrons. The number of aliphatic hydroxyl groups excluding tert-OH is 1. The van der Waals surface area contributed by atoms with E-state index >= 15 is 0 Å². The van der Waals surface area contributed by atoms with Crippen molar-refractivity contribution >= 4 is 11.8 Å². The minimum Gasteiger partial charge on any atom is -0.391 e. The average molecular weight is 190 g/mol. The van der Waals surface area contributed by atoms with Crippen molar-refractivity contribution < 1.29 is 5.11 Å². The monoisotopic (exact) mass is 190 g/mol. The molecule has 0 aromatic rings. The van der Waals surface area contributed by atoms with Gasteiger partial charge < -0.3 is 10.4 Å². The molecule has 1 atom stereocenters. The first-order chi connectivity index (χ1) is 5.83. The molecule has 1 saturated heterocycles. The van der Waals surface area contributed by atoms with E-state index in [-0.39, 0.29) is 6.10 Å². The zero-order valence-corrected chi connectivity index (χ0v) is 8.44. The van der Waals surface area contributed by atoms with Crippen LogP contribution in [0.2, 0.25) is 0 Å². The second-order valence-electron chi connectivity index (χ2n) is 3.16. The Balaban J connectivity index is 2.11. The van der Waals surface area contributed by atoms with Crippen LogP contribution in [-0.2, 0) is 0 Å². The summed E-state index contributed by atoms with van der Waals surface area (Å²) in [7, 11) is 0. The molecule has 12 heavy (non-hydrogen) atoms. The molecule has 1 rings (SSSR count). The summed E-state index contributed by atoms with van der Waals surface area (Å²) < 4.78 is 0. The Morgan fingerprint density at radius 3 is 2.75 bits per heavy atom. The van der Waals surface area contributed by atoms with Crippen LogP contribution in [0.25, 0.3) is 0 Å². The van der Waals surface area contributed by atoms with Gasteiger partial charge in [-0.2, -0.15) is 11.8 Å². The van der Waals surface area contributed by atoms with Crippen LogP contribution in [0.4, 0.5) is 0 Å². The van der Waals surface area contributed by atoms with Crippen LogP contribution in [-0.4, -0.2) is 60.8 Å². The summed E-state index contributed by atoms with van der Waals surface area (Å²) in [5, 5.41) is 12.8. The molecule has 0 spiro atoms. The topological polar surface area (TPSA) is 35.5 Å². The van der Waals surface area contributed by atoms with Gasteiger partial charge in [0.1, 0.15) is 0 Å². The minimum atomic E-state index is -0.155. The molecular weight excluding hydrogens is 172 g/mol. The van der Waals surface area contributed by atoms with Crippen LogP contribution in [0.3, 0.4) is 0 Å². The SMILES string of the molecule is CSCC(O)CN1CCNCC1. The van der Waals surface area contributed by atoms with Crippen molar-refractivity contribution in [2.24, 2.45) is 0 Å². The second kappa shape index (κ2) is 5.80. The van der Waals surface area contributed by atoms with Crippen molar-refractivity contribution in [1.82, 2.24) is 10.2 Å². The molecule has 1 fully saturated rings. The van der Waals surface area contributed by atoms with E-state index in [1.54, 1.807) is 11.8 Å². The van der Waals surface area contributed by atoms with Crippen LogP contribution < -0.4 is 5.32 Å². The summed E-state index contributed by atoms with van der Waals surface area (Å²) in [6.07, 6.45) is 1.87. The molecule has 1 aliphatic heterocycles. The van der Waals surface area contributed by atoms with Gasteiger partial charge in [-0.25, -0.2) is 0 Å². The van der Waals surface area contributed by atoms with E-state index in [1.165, 1.54) is 0 Å². The van der Waals surface area contributed by atoms with Gasteiger partial charge in [0.25, 0.3) is 0 Å². The number of rotatable bonds is 4. The number of aliphatic hydroxyl groups is 1. The quantitative estimate of drug-likeness (QED) is 0.633. The lowest BCUT2D eigenvalue weighted by molar-refractivity contribution is 0.121. The molecular formula is C8H18N2OS. The van der Waals surface area contributed by atoms with Crippen LogP contribution in [0, 0.1) is 0 Å². The molecule has 0 bridgehead atoms. The standard InChI is InChI=1S/C8H18N2OS/c1-12-7-8(11)6-10-4-2-9-3-5-10/h8-9,11H,2-7H2,1H3. The number of nitrogens with zero attached hydrogens (tertiary/aromatic N) is 1. The molecule has 0 aliphatic carbocycles. The van der Waals surface area contributed by atoms with Crippen molar-refractivity contribution in [3.63, 3.8) is 0 Å². The first-order valence-corrected chi connectivity index (χ1v) is 5.82. The van der Waals surface area contributed by atoms with E-state index in [0.717, 1.165) is 38.5 Å². The Labute approximate surface area is 78.5 Å². The number of nitrogens with one attached hydrogen (secondary N) is 1. The van der Waals surface area contributed by atoms with Crippen molar-refractivity contribution in [3.05, 3.63) is 0 Å². The third-order valence-electron chi connectivity index (χ3n) is 2.04. The summed E-state index contributed by atoms with van der Waals surface area (Å²) in [5.74, 6) is 0.851. The lowest BCUT2D eigenvalue weighted by atomic mass is 10.3. The predicted octanol–water partition coefficient (Wildman–Crippen LogP) is -0.385. The van der Waals surface area contributed by atoms with E-state index in [9.17, 15) is 5.11 Å². The van der Waals surface area contributed by atoms with Crippen LogP contribution in [0.1, 0.15) is 0 Å². The van der Waals surface area contributed by atoms with Gasteiger partial charge in [-0.1, -0.05) is 0 Å². The number of β-amino-alcohol motifs (C(OH)–C–C–N with tert-alkyl or cyclic N) is 1. The van der Waals surface area contributed by atoms with Gasteiger partial charge in [0.15, 0.2) is 0 Å². The average Bonchev–Trinajstić information content (AvgIpc) is 2.06. The van der Waals surface area contributed by atoms with Gasteiger partial charge in [0.05, 0.1) is 6.10 Å². The molecule has 4 heteroatoms. The van der Waals surface area contributed by atoms with Gasteiger partial charge >= 0.3 is 0 Å². The van der Waals surface area contributed by atoms with Crippen LogP contribution >= 0.6 is 11.8 Å². The Morgan fingerprint density at radius 2 is 2.17 bits per heavy atom. The maximum Gasteiger partial charge on any atom is 0.0757 e. The molecule has 1 aliphatic rings. The predicted molar refractivity (Wildman–Crippen MR) is 53.7 cm³/mol. The van der Waals surface area contributed by atoms with Gasteiger partial charge in [-0.05, 0) is 6.26 Å². The van der Waals surface area contributed by atoms with Gasteiger partial charge in [0.2, 0.25) is 0 Å². The molecule has 0 aromatic heterocycles. The molecule has 3 nitrogen and oxygen atoms in total. The summed E-state index contributed by atoms with van der Waals surface area (Å²) in [4.78, 5) is 2.32. The fraction of sp³-hybridized carbons (Fsp3) is 1.00. The van der Waals surface area contributed by atoms with Crippen molar-refractivity contribution in [2.45, 2.75) is 6.10 Å². The van der Waals surface area contributed by atoms with E-state index in [1.807, 2.05) is 6.26 Å². The maximum absolute atomic E-state index is 9.52. The van der Waals surface area contributed by atoms with Gasteiger partial charge in [-0.3, -0.25) is 4.90 Å². The van der Waals surface area contributed by atoms with Gasteiger partial charge in [-0.15, -0.1) is 0 Å². The van der Waals surface area contributed by atoms with E-state index < -0.39 is 0 Å². The second-order valence-corrected chi connectivity index (χ2v) is 4.07. The van der Waals surface area contributed by atoms with E-state index in [4.69, 9.17) is 0 Å². The highest BCUT2D eigenvalue weighted by atomic mass is 32.2. The lowest BCUT2D eigenvalue weighted by Gasteiger charge is -2.28. The number of hydrogen-bond acceptors (Lipinski definition) is 4. The maximum atomic E-state index is 9.52. The zero-order chi connectivity index (χ0) is 8.81. The molecule has 0 saturated carbocycles. The smallest absolute Gasteiger partial charge is 0.0757 e. The fourth-order valence-electron chi connectivity index (χ4n) is 1.44. The number of thioether (sulfide) groups is 1. The lowest BCUT2D eigenvalue weighted by Crippen LogP contribution is -2.46. The van der Waals surface area contributed by atoms with E-state index in [2.05, 4.69) is 10.2 Å². The van der Waals surface area contributed by atoms with Crippen molar-refractivity contribution in [2.75, 3.05) is 44.7 Å². The molecule has 1 heterocycles. The Hall–Kier alpha value is 0.230. The Bertz CT molecular complexity index is 118. The third kappa shape index (κ3) is 3.76. The van der Waals surface area contributed by atoms with Crippen LogP contribution in [0.15, 0.2) is 0 Å². The molecule has 2 N–H and O–H groups in total. The molecule has 0 amide bonds. The zero-order valence-electron chi connectivity index (χ0n) is 7.62. The first-order valence-electron chi connectivity index (χ1n) is 4.43. The Morgan fingerprint density at radius 1 is 1.50 bits per heavy atom. The number of hydrogen-bond donors (Lipinski definition) is 2. The normalized spacial score (nSPS) is 22.5. The molecule has 0 radical (unpaired) electrons. The minimum absolute atomic E-state index is 0.155. The van der Waals surface area contributed by atoms with Crippen LogP contribution in [0.5, 0.6) is 0 Å². The highest BCUT2D eigenvalue weighted by Crippen LogP contribution is 2.00. The third-order valence-corrected chi connectivity index (χ3v) is 2.76. The van der Waals surface area contributed by atoms with E-state index in [0.29, 0.717) is 0 Å². The first kappa shape index (κ1) is 10.3. The number of piperazine rings is 1. The largest absolute Gasteiger partial charge is 0.391 e. The Kier molecular flexibility index (Phi) is 4.99. The summed E-state index contributed by atoms with van der Waals surface area (Å²) in [5.41, 5.74) is 0. The summed E-state index contributed by atoms with van der Waals surface area (Å²) in [6.45, 7) is 5.11. The molecule has 1 unspecified atom stereocenters. The summed E-state index contributed by atoms with van der Waals surface area (Å²) >= 11 is 1.71. The van der Waals surface area contributed by atoms with Crippen molar-refractivity contribution in [1.29, 1.82) is 0 Å².